The quantitative estimate of drug-likeness (QED) is 0.363. The molecule has 0 bridgehead atoms. The van der Waals surface area contributed by atoms with Gasteiger partial charge in [0.05, 0.1) is 7.11 Å². The topological polar surface area (TPSA) is 129 Å². The van der Waals surface area contributed by atoms with Crippen LogP contribution in [0.4, 0.5) is 5.69 Å². The molecular weight excluding hydrogens is 328 g/mol. The summed E-state index contributed by atoms with van der Waals surface area (Å²) in [7, 11) is 1.46. The molecule has 8 nitrogen and oxygen atoms in total. The SMILES string of the molecule is COc1cc(C2CC(N)(O)Oc3cc4c(cc32)OCO4)cc(O)c1N. The van der Waals surface area contributed by atoms with Crippen LogP contribution in [0.1, 0.15) is 23.5 Å². The van der Waals surface area contributed by atoms with Gasteiger partial charge in [-0.2, -0.15) is 0 Å². The largest absolute Gasteiger partial charge is 0.506 e. The zero-order valence-electron chi connectivity index (χ0n) is 13.5. The fraction of sp³-hybridized carbons (Fsp3) is 0.294. The number of nitrogen functional groups attached to an aromatic ring is 1. The number of phenolic OH excluding ortho intramolecular Hbond substituents is 1. The van der Waals surface area contributed by atoms with Crippen LogP contribution in [-0.2, 0) is 0 Å². The predicted octanol–water partition coefficient (Wildman–Crippen LogP) is 1.23. The van der Waals surface area contributed by atoms with Crippen molar-refractivity contribution in [3.05, 3.63) is 35.4 Å². The first-order valence-electron chi connectivity index (χ1n) is 7.68. The highest BCUT2D eigenvalue weighted by atomic mass is 16.7. The van der Waals surface area contributed by atoms with E-state index in [1.165, 1.54) is 13.2 Å². The van der Waals surface area contributed by atoms with Crippen molar-refractivity contribution in [2.24, 2.45) is 5.73 Å². The lowest BCUT2D eigenvalue weighted by molar-refractivity contribution is -0.147. The fourth-order valence-corrected chi connectivity index (χ4v) is 3.23. The lowest BCUT2D eigenvalue weighted by Crippen LogP contribution is -2.49. The van der Waals surface area contributed by atoms with E-state index in [0.29, 0.717) is 28.6 Å². The van der Waals surface area contributed by atoms with Crippen molar-refractivity contribution in [1.29, 1.82) is 0 Å². The van der Waals surface area contributed by atoms with E-state index < -0.39 is 5.91 Å². The molecule has 2 aromatic carbocycles. The number of hydrogen-bond donors (Lipinski definition) is 4. The van der Waals surface area contributed by atoms with Gasteiger partial charge in [0.2, 0.25) is 6.79 Å². The van der Waals surface area contributed by atoms with Crippen LogP contribution in [0.5, 0.6) is 28.7 Å². The average Bonchev–Trinajstić information content (AvgIpc) is 3.01. The van der Waals surface area contributed by atoms with Crippen LogP contribution in [-0.4, -0.2) is 30.0 Å². The Labute approximate surface area is 143 Å². The zero-order valence-corrected chi connectivity index (χ0v) is 13.5. The summed E-state index contributed by atoms with van der Waals surface area (Å²) < 4.78 is 21.5. The number of nitrogens with two attached hydrogens (primary N) is 2. The Balaban J connectivity index is 1.87. The molecule has 2 aliphatic heterocycles. The van der Waals surface area contributed by atoms with Crippen molar-refractivity contribution in [3.8, 4) is 28.7 Å². The zero-order chi connectivity index (χ0) is 17.8. The first-order valence-corrected chi connectivity index (χ1v) is 7.68. The molecule has 2 heterocycles. The number of hydrogen-bond acceptors (Lipinski definition) is 8. The molecule has 0 spiro atoms. The molecule has 6 N–H and O–H groups in total. The smallest absolute Gasteiger partial charge is 0.266 e. The molecule has 2 aliphatic rings. The van der Waals surface area contributed by atoms with Gasteiger partial charge in [0.15, 0.2) is 11.5 Å². The number of benzene rings is 2. The summed E-state index contributed by atoms with van der Waals surface area (Å²) in [6.45, 7) is 0.117. The molecule has 25 heavy (non-hydrogen) atoms. The Bertz CT molecular complexity index is 852. The number of methoxy groups -OCH3 is 1. The van der Waals surface area contributed by atoms with E-state index in [-0.39, 0.29) is 30.6 Å². The molecule has 2 unspecified atom stereocenters. The number of ether oxygens (including phenoxy) is 4. The molecule has 132 valence electrons. The summed E-state index contributed by atoms with van der Waals surface area (Å²) in [6, 6.07) is 6.65. The number of phenols is 1. The molecule has 8 heteroatoms. The minimum absolute atomic E-state index is 0.0756. The Morgan fingerprint density at radius 3 is 2.60 bits per heavy atom. The molecular formula is C17H18N2O6. The number of fused-ring (bicyclic) bond motifs is 2. The van der Waals surface area contributed by atoms with E-state index in [9.17, 15) is 10.2 Å². The molecule has 0 aromatic heterocycles. The summed E-state index contributed by atoms with van der Waals surface area (Å²) in [6.07, 6.45) is 0.0756. The average molecular weight is 346 g/mol. The van der Waals surface area contributed by atoms with Crippen molar-refractivity contribution in [2.75, 3.05) is 19.6 Å². The van der Waals surface area contributed by atoms with Crippen LogP contribution >= 0.6 is 0 Å². The van der Waals surface area contributed by atoms with Crippen LogP contribution in [0.3, 0.4) is 0 Å². The molecule has 0 amide bonds. The van der Waals surface area contributed by atoms with E-state index >= 15 is 0 Å². The predicted molar refractivity (Wildman–Crippen MR) is 87.9 cm³/mol. The van der Waals surface area contributed by atoms with E-state index in [0.717, 1.165) is 5.56 Å². The maximum Gasteiger partial charge on any atom is 0.266 e. The van der Waals surface area contributed by atoms with E-state index in [1.807, 2.05) is 0 Å². The van der Waals surface area contributed by atoms with E-state index in [4.69, 9.17) is 30.4 Å². The van der Waals surface area contributed by atoms with Crippen molar-refractivity contribution in [1.82, 2.24) is 0 Å². The third-order valence-electron chi connectivity index (χ3n) is 4.43. The van der Waals surface area contributed by atoms with Gasteiger partial charge < -0.3 is 34.9 Å². The third-order valence-corrected chi connectivity index (χ3v) is 4.43. The standard InChI is InChI=1S/C17H18N2O6/c1-22-15-3-8(2-11(20)16(15)18)10-6-17(19,21)25-12-5-14-13(4-9(10)12)23-7-24-14/h2-5,10,20-21H,6-7,18-19H2,1H3. The van der Waals surface area contributed by atoms with Crippen molar-refractivity contribution in [2.45, 2.75) is 18.2 Å². The molecule has 0 aliphatic carbocycles. The van der Waals surface area contributed by atoms with Crippen molar-refractivity contribution >= 4 is 5.69 Å². The van der Waals surface area contributed by atoms with Crippen molar-refractivity contribution < 1.29 is 29.2 Å². The number of aliphatic hydroxyl groups is 1. The lowest BCUT2D eigenvalue weighted by atomic mass is 9.84. The summed E-state index contributed by atoms with van der Waals surface area (Å²) in [5.74, 6) is -0.507. The van der Waals surface area contributed by atoms with Crippen LogP contribution in [0.2, 0.25) is 0 Å². The summed E-state index contributed by atoms with van der Waals surface area (Å²) in [5, 5.41) is 20.4. The molecule has 2 atom stereocenters. The minimum atomic E-state index is -1.87. The third kappa shape index (κ3) is 2.55. The summed E-state index contributed by atoms with van der Waals surface area (Å²) in [5.41, 5.74) is 13.2. The van der Waals surface area contributed by atoms with Gasteiger partial charge in [-0.05, 0) is 23.8 Å². The maximum atomic E-state index is 10.3. The van der Waals surface area contributed by atoms with Crippen molar-refractivity contribution in [3.63, 3.8) is 0 Å². The van der Waals surface area contributed by atoms with Gasteiger partial charge in [-0.3, -0.25) is 5.73 Å². The second-order valence-electron chi connectivity index (χ2n) is 6.10. The number of rotatable bonds is 2. The van der Waals surface area contributed by atoms with Crippen LogP contribution in [0.15, 0.2) is 24.3 Å². The highest BCUT2D eigenvalue weighted by Crippen LogP contribution is 2.49. The lowest BCUT2D eigenvalue weighted by Gasteiger charge is -2.36. The highest BCUT2D eigenvalue weighted by molar-refractivity contribution is 5.65. The summed E-state index contributed by atoms with van der Waals surface area (Å²) >= 11 is 0. The Morgan fingerprint density at radius 2 is 1.88 bits per heavy atom. The van der Waals surface area contributed by atoms with Gasteiger partial charge in [0.25, 0.3) is 5.91 Å². The van der Waals surface area contributed by atoms with Gasteiger partial charge >= 0.3 is 0 Å². The molecule has 0 radical (unpaired) electrons. The Morgan fingerprint density at radius 1 is 1.16 bits per heavy atom. The Hall–Kier alpha value is -2.84. The van der Waals surface area contributed by atoms with Crippen LogP contribution in [0.25, 0.3) is 0 Å². The van der Waals surface area contributed by atoms with Gasteiger partial charge in [-0.1, -0.05) is 0 Å². The molecule has 2 aromatic rings. The second kappa shape index (κ2) is 5.33. The normalized spacial score (nSPS) is 23.7. The summed E-state index contributed by atoms with van der Waals surface area (Å²) in [4.78, 5) is 0. The fourth-order valence-electron chi connectivity index (χ4n) is 3.23. The van der Waals surface area contributed by atoms with E-state index in [2.05, 4.69) is 0 Å². The minimum Gasteiger partial charge on any atom is -0.506 e. The van der Waals surface area contributed by atoms with Gasteiger partial charge in [0, 0.05) is 24.0 Å². The molecule has 0 fully saturated rings. The monoisotopic (exact) mass is 346 g/mol. The number of anilines is 1. The second-order valence-corrected chi connectivity index (χ2v) is 6.10. The van der Waals surface area contributed by atoms with E-state index in [1.54, 1.807) is 18.2 Å². The first kappa shape index (κ1) is 15.7. The first-order chi connectivity index (χ1) is 11.9. The van der Waals surface area contributed by atoms with Gasteiger partial charge in [-0.15, -0.1) is 0 Å². The molecule has 0 saturated heterocycles. The maximum absolute atomic E-state index is 10.3. The van der Waals surface area contributed by atoms with Crippen LogP contribution in [0, 0.1) is 0 Å². The molecule has 0 saturated carbocycles. The van der Waals surface area contributed by atoms with Gasteiger partial charge in [-0.25, -0.2) is 0 Å². The Kier molecular flexibility index (Phi) is 3.34. The highest BCUT2D eigenvalue weighted by Gasteiger charge is 2.39. The number of aromatic hydroxyl groups is 1. The molecule has 4 rings (SSSR count). The van der Waals surface area contributed by atoms with Gasteiger partial charge in [0.1, 0.15) is 22.9 Å². The van der Waals surface area contributed by atoms with Crippen LogP contribution < -0.4 is 30.4 Å².